The lowest BCUT2D eigenvalue weighted by molar-refractivity contribution is 0.603. The lowest BCUT2D eigenvalue weighted by Crippen LogP contribution is -1.86. The molecule has 0 aliphatic heterocycles. The van der Waals surface area contributed by atoms with E-state index in [2.05, 4.69) is 20.9 Å². The maximum absolute atomic E-state index is 12.9. The molecule has 48 valence electrons. The minimum absolute atomic E-state index is 0.00926. The van der Waals surface area contributed by atoms with Gasteiger partial charge in [0.05, 0.1) is 12.9 Å². The Morgan fingerprint density at radius 3 is 3.22 bits per heavy atom. The number of hydrogen-bond acceptors (Lipinski definition) is 1. The molecule has 0 aromatic carbocycles. The van der Waals surface area contributed by atoms with Crippen molar-refractivity contribution in [1.29, 1.82) is 0 Å². The minimum Gasteiger partial charge on any atom is -0.258 e. The Bertz CT molecular complexity index is 277. The normalized spacial score (nSPS) is 12.8. The van der Waals surface area contributed by atoms with Gasteiger partial charge >= 0.3 is 0 Å². The first kappa shape index (κ1) is 4.39. The predicted octanol–water partition coefficient (Wildman–Crippen LogP) is 2.29. The number of hydrogen-bond donors (Lipinski definition) is 0. The third-order valence-electron chi connectivity index (χ3n) is 0.900. The summed E-state index contributed by atoms with van der Waals surface area (Å²) in [5.41, 5.74) is 0.137. The van der Waals surface area contributed by atoms with Gasteiger partial charge < -0.3 is 0 Å². The summed E-state index contributed by atoms with van der Waals surface area (Å²) < 4.78 is 27.1. The molecule has 0 fully saturated rings. The van der Waals surface area contributed by atoms with Gasteiger partial charge in [0, 0.05) is 6.17 Å². The van der Waals surface area contributed by atoms with Crippen LogP contribution in [0.1, 0.15) is 8.44 Å². The smallest absolute Gasteiger partial charge is 0.158 e. The molecule has 0 aliphatic rings. The number of aryl methyl sites for hydroxylation is 1. The van der Waals surface area contributed by atoms with Crippen LogP contribution >= 0.6 is 15.9 Å². The summed E-state index contributed by atoms with van der Waals surface area (Å²) in [4.78, 5) is 3.51. The monoisotopic (exact) mass is 191 g/mol. The molecule has 0 saturated carbocycles. The summed E-state index contributed by atoms with van der Waals surface area (Å²) in [6, 6.07) is -0.215. The van der Waals surface area contributed by atoms with Crippen molar-refractivity contribution in [2.45, 2.75) is 6.92 Å². The lowest BCUT2D eigenvalue weighted by Gasteiger charge is -1.94. The van der Waals surface area contributed by atoms with Crippen LogP contribution in [0.3, 0.4) is 0 Å². The third kappa shape index (κ3) is 1.27. The first-order valence-electron chi connectivity index (χ1n) is 3.33. The molecule has 0 saturated heterocycles. The van der Waals surface area contributed by atoms with Crippen LogP contribution in [0.2, 0.25) is 0 Å². The van der Waals surface area contributed by atoms with E-state index in [0.29, 0.717) is 0 Å². The quantitative estimate of drug-likeness (QED) is 0.614. The molecule has 0 aliphatic carbocycles. The standard InChI is InChI=1S/C6H5BrFN/c1-4-6(8)5(7)2-3-9-4/h2-3H,1H3/i2D,3D. The van der Waals surface area contributed by atoms with Gasteiger partial charge in [-0.3, -0.25) is 4.98 Å². The molecule has 0 spiro atoms. The van der Waals surface area contributed by atoms with Crippen LogP contribution in [-0.2, 0) is 0 Å². The second-order valence-electron chi connectivity index (χ2n) is 1.56. The van der Waals surface area contributed by atoms with Crippen LogP contribution in [0.5, 0.6) is 0 Å². The summed E-state index contributed by atoms with van der Waals surface area (Å²) in [6.07, 6.45) is -0.212. The fourth-order valence-corrected chi connectivity index (χ4v) is 0.799. The SMILES string of the molecule is [2H]c1nc(C)c(F)c(Br)c1[2H]. The van der Waals surface area contributed by atoms with Crippen molar-refractivity contribution in [3.8, 4) is 0 Å². The molecule has 0 N–H and O–H groups in total. The number of halogens is 2. The number of pyridine rings is 1. The fourth-order valence-electron chi connectivity index (χ4n) is 0.424. The highest BCUT2D eigenvalue weighted by Crippen LogP contribution is 2.14. The van der Waals surface area contributed by atoms with Crippen LogP contribution in [-0.4, -0.2) is 4.98 Å². The van der Waals surface area contributed by atoms with Gasteiger partial charge in [-0.2, -0.15) is 0 Å². The average molecular weight is 192 g/mol. The van der Waals surface area contributed by atoms with E-state index in [9.17, 15) is 4.39 Å². The van der Waals surface area contributed by atoms with E-state index in [4.69, 9.17) is 2.74 Å². The molecule has 0 amide bonds. The molecule has 1 heterocycles. The van der Waals surface area contributed by atoms with Crippen molar-refractivity contribution in [3.05, 3.63) is 28.2 Å². The van der Waals surface area contributed by atoms with E-state index in [0.717, 1.165) is 0 Å². The zero-order valence-corrected chi connectivity index (χ0v) is 6.29. The van der Waals surface area contributed by atoms with Gasteiger partial charge in [0.1, 0.15) is 0 Å². The zero-order valence-electron chi connectivity index (χ0n) is 6.70. The van der Waals surface area contributed by atoms with Crippen LogP contribution in [0, 0.1) is 12.7 Å². The maximum atomic E-state index is 12.9. The van der Waals surface area contributed by atoms with Crippen molar-refractivity contribution in [3.63, 3.8) is 0 Å². The Labute approximate surface area is 63.9 Å². The zero-order chi connectivity index (χ0) is 8.59. The predicted molar refractivity (Wildman–Crippen MR) is 36.6 cm³/mol. The molecule has 0 atom stereocenters. The van der Waals surface area contributed by atoms with Gasteiger partial charge in [-0.05, 0) is 28.9 Å². The largest absolute Gasteiger partial charge is 0.258 e. The molecule has 0 radical (unpaired) electrons. The summed E-state index contributed by atoms with van der Waals surface area (Å²) >= 11 is 2.86. The van der Waals surface area contributed by atoms with E-state index in [1.165, 1.54) is 6.92 Å². The molecule has 1 aromatic rings. The minimum atomic E-state index is -0.564. The van der Waals surface area contributed by atoms with Crippen molar-refractivity contribution in [2.75, 3.05) is 0 Å². The lowest BCUT2D eigenvalue weighted by atomic mass is 10.4. The van der Waals surface area contributed by atoms with E-state index in [-0.39, 0.29) is 22.4 Å². The molecular weight excluding hydrogens is 185 g/mol. The number of nitrogens with zero attached hydrogens (tertiary/aromatic N) is 1. The summed E-state index contributed by atoms with van der Waals surface area (Å²) in [5, 5.41) is 0. The second-order valence-corrected chi connectivity index (χ2v) is 2.35. The highest BCUT2D eigenvalue weighted by atomic mass is 79.9. The Hall–Kier alpha value is -0.440. The third-order valence-corrected chi connectivity index (χ3v) is 1.45. The summed E-state index contributed by atoms with van der Waals surface area (Å²) in [5.74, 6) is -0.564. The van der Waals surface area contributed by atoms with Crippen LogP contribution in [0.4, 0.5) is 4.39 Å². The van der Waals surface area contributed by atoms with E-state index in [1.54, 1.807) is 0 Å². The Morgan fingerprint density at radius 2 is 2.56 bits per heavy atom. The molecule has 1 nitrogen and oxygen atoms in total. The highest BCUT2D eigenvalue weighted by molar-refractivity contribution is 9.10. The van der Waals surface area contributed by atoms with E-state index in [1.807, 2.05) is 0 Å². The first-order chi connectivity index (χ1) is 5.04. The van der Waals surface area contributed by atoms with Crippen LogP contribution < -0.4 is 0 Å². The number of aromatic nitrogens is 1. The molecule has 1 rings (SSSR count). The maximum Gasteiger partial charge on any atom is 0.158 e. The Kier molecular flexibility index (Phi) is 1.19. The van der Waals surface area contributed by atoms with Crippen molar-refractivity contribution in [1.82, 2.24) is 4.98 Å². The molecule has 3 heteroatoms. The van der Waals surface area contributed by atoms with Crippen LogP contribution in [0.15, 0.2) is 16.7 Å². The van der Waals surface area contributed by atoms with Gasteiger partial charge in [-0.25, -0.2) is 4.39 Å². The van der Waals surface area contributed by atoms with Crippen molar-refractivity contribution >= 4 is 15.9 Å². The molecule has 0 bridgehead atoms. The van der Waals surface area contributed by atoms with Crippen molar-refractivity contribution < 1.29 is 7.13 Å². The molecule has 9 heavy (non-hydrogen) atoms. The molecule has 0 unspecified atom stereocenters. The molecule has 1 aromatic heterocycles. The van der Waals surface area contributed by atoms with Gasteiger partial charge in [-0.15, -0.1) is 0 Å². The van der Waals surface area contributed by atoms with Gasteiger partial charge in [-0.1, -0.05) is 0 Å². The second kappa shape index (κ2) is 2.43. The Balaban J connectivity index is 3.46. The van der Waals surface area contributed by atoms with Gasteiger partial charge in [0.25, 0.3) is 0 Å². The van der Waals surface area contributed by atoms with Crippen LogP contribution in [0.25, 0.3) is 0 Å². The molecular formula is C6H5BrFN. The van der Waals surface area contributed by atoms with E-state index < -0.39 is 5.82 Å². The summed E-state index contributed by atoms with van der Waals surface area (Å²) in [7, 11) is 0. The Morgan fingerprint density at radius 1 is 1.89 bits per heavy atom. The summed E-state index contributed by atoms with van der Waals surface area (Å²) in [6.45, 7) is 1.46. The fraction of sp³-hybridized carbons (Fsp3) is 0.167. The van der Waals surface area contributed by atoms with Crippen molar-refractivity contribution in [2.24, 2.45) is 0 Å². The highest BCUT2D eigenvalue weighted by Gasteiger charge is 1.99. The number of rotatable bonds is 0. The first-order valence-corrected chi connectivity index (χ1v) is 3.12. The van der Waals surface area contributed by atoms with Gasteiger partial charge in [0.15, 0.2) is 5.82 Å². The van der Waals surface area contributed by atoms with E-state index >= 15 is 0 Å². The average Bonchev–Trinajstić information content (AvgIpc) is 1.97. The van der Waals surface area contributed by atoms with Gasteiger partial charge in [0.2, 0.25) is 0 Å². The topological polar surface area (TPSA) is 12.9 Å².